The molecule has 0 fully saturated rings. The first kappa shape index (κ1) is 14.0. The molecule has 0 radical (unpaired) electrons. The Balaban J connectivity index is 0.00000144. The molecule has 2 aromatic rings. The molecular weight excluding hydrogens is 260 g/mol. The molecule has 0 saturated heterocycles. The van der Waals surface area contributed by atoms with E-state index >= 15 is 0 Å². The summed E-state index contributed by atoms with van der Waals surface area (Å²) in [5.41, 5.74) is 7.27. The zero-order valence-corrected chi connectivity index (χ0v) is 10.5. The molecule has 90 valence electrons. The SMILES string of the molecule is Cl.NC(c1ccccc1)c1cc(Cl)ccc1F. The van der Waals surface area contributed by atoms with Crippen molar-refractivity contribution in [2.75, 3.05) is 0 Å². The number of rotatable bonds is 2. The summed E-state index contributed by atoms with van der Waals surface area (Å²) in [5.74, 6) is -0.333. The van der Waals surface area contributed by atoms with Crippen molar-refractivity contribution < 1.29 is 4.39 Å². The van der Waals surface area contributed by atoms with Gasteiger partial charge in [-0.2, -0.15) is 0 Å². The first-order valence-corrected chi connectivity index (χ1v) is 5.32. The molecular formula is C13H12Cl2FN. The second-order valence-electron chi connectivity index (χ2n) is 3.55. The number of hydrogen-bond donors (Lipinski definition) is 1. The zero-order valence-electron chi connectivity index (χ0n) is 8.94. The Kier molecular flexibility index (Phi) is 4.94. The van der Waals surface area contributed by atoms with Gasteiger partial charge in [-0.15, -0.1) is 12.4 Å². The van der Waals surface area contributed by atoms with E-state index in [0.29, 0.717) is 10.6 Å². The standard InChI is InChI=1S/C13H11ClFN.ClH/c14-10-6-7-12(15)11(8-10)13(16)9-4-2-1-3-5-9;/h1-8,13H,16H2;1H. The van der Waals surface area contributed by atoms with E-state index in [4.69, 9.17) is 17.3 Å². The lowest BCUT2D eigenvalue weighted by atomic mass is 9.99. The highest BCUT2D eigenvalue weighted by Gasteiger charge is 2.13. The molecule has 0 aliphatic carbocycles. The van der Waals surface area contributed by atoms with Gasteiger partial charge < -0.3 is 5.73 Å². The molecule has 0 aliphatic heterocycles. The lowest BCUT2D eigenvalue weighted by molar-refractivity contribution is 0.600. The van der Waals surface area contributed by atoms with Gasteiger partial charge in [0.1, 0.15) is 5.82 Å². The van der Waals surface area contributed by atoms with Gasteiger partial charge in [-0.3, -0.25) is 0 Å². The Morgan fingerprint density at radius 2 is 1.71 bits per heavy atom. The Hall–Kier alpha value is -1.09. The average Bonchev–Trinajstić information content (AvgIpc) is 2.32. The third kappa shape index (κ3) is 3.19. The van der Waals surface area contributed by atoms with Crippen molar-refractivity contribution >= 4 is 24.0 Å². The highest BCUT2D eigenvalue weighted by atomic mass is 35.5. The van der Waals surface area contributed by atoms with Crippen LogP contribution in [0, 0.1) is 5.82 Å². The van der Waals surface area contributed by atoms with Crippen LogP contribution in [0.15, 0.2) is 48.5 Å². The molecule has 0 bridgehead atoms. The molecule has 2 N–H and O–H groups in total. The van der Waals surface area contributed by atoms with E-state index in [0.717, 1.165) is 5.56 Å². The normalized spacial score (nSPS) is 11.7. The lowest BCUT2D eigenvalue weighted by Crippen LogP contribution is -2.13. The molecule has 0 aliphatic rings. The summed E-state index contributed by atoms with van der Waals surface area (Å²) in [4.78, 5) is 0. The molecule has 4 heteroatoms. The summed E-state index contributed by atoms with van der Waals surface area (Å²) < 4.78 is 13.6. The van der Waals surface area contributed by atoms with Crippen molar-refractivity contribution in [2.45, 2.75) is 6.04 Å². The minimum absolute atomic E-state index is 0. The van der Waals surface area contributed by atoms with Crippen LogP contribution in [0.5, 0.6) is 0 Å². The number of benzene rings is 2. The smallest absolute Gasteiger partial charge is 0.128 e. The molecule has 2 aromatic carbocycles. The molecule has 0 amide bonds. The van der Waals surface area contributed by atoms with Crippen molar-refractivity contribution in [3.8, 4) is 0 Å². The summed E-state index contributed by atoms with van der Waals surface area (Å²) in [6, 6.07) is 13.3. The van der Waals surface area contributed by atoms with Crippen molar-refractivity contribution in [3.05, 3.63) is 70.5 Å². The predicted octanol–water partition coefficient (Wildman–Crippen LogP) is 3.95. The maximum Gasteiger partial charge on any atom is 0.128 e. The van der Waals surface area contributed by atoms with Crippen LogP contribution >= 0.6 is 24.0 Å². The average molecular weight is 272 g/mol. The number of halogens is 3. The van der Waals surface area contributed by atoms with Gasteiger partial charge in [0.05, 0.1) is 6.04 Å². The fourth-order valence-electron chi connectivity index (χ4n) is 1.59. The van der Waals surface area contributed by atoms with E-state index in [1.165, 1.54) is 12.1 Å². The number of nitrogens with two attached hydrogens (primary N) is 1. The molecule has 17 heavy (non-hydrogen) atoms. The summed E-state index contributed by atoms with van der Waals surface area (Å²) >= 11 is 5.83. The molecule has 1 nitrogen and oxygen atoms in total. The monoisotopic (exact) mass is 271 g/mol. The van der Waals surface area contributed by atoms with Gasteiger partial charge in [0, 0.05) is 10.6 Å². The second kappa shape index (κ2) is 6.01. The molecule has 0 spiro atoms. The van der Waals surface area contributed by atoms with Crippen LogP contribution in [0.25, 0.3) is 0 Å². The molecule has 1 unspecified atom stereocenters. The van der Waals surface area contributed by atoms with Gasteiger partial charge >= 0.3 is 0 Å². The van der Waals surface area contributed by atoms with Crippen molar-refractivity contribution in [3.63, 3.8) is 0 Å². The van der Waals surface area contributed by atoms with Crippen molar-refractivity contribution in [2.24, 2.45) is 5.73 Å². The van der Waals surface area contributed by atoms with Gasteiger partial charge in [0.2, 0.25) is 0 Å². The largest absolute Gasteiger partial charge is 0.320 e. The van der Waals surface area contributed by atoms with Gasteiger partial charge in [-0.25, -0.2) is 4.39 Å². The molecule has 0 saturated carbocycles. The van der Waals surface area contributed by atoms with Gasteiger partial charge in [0.25, 0.3) is 0 Å². The van der Waals surface area contributed by atoms with E-state index in [2.05, 4.69) is 0 Å². The highest BCUT2D eigenvalue weighted by Crippen LogP contribution is 2.24. The fourth-order valence-corrected chi connectivity index (χ4v) is 1.77. The maximum atomic E-state index is 13.6. The van der Waals surface area contributed by atoms with Crippen LogP contribution in [0.1, 0.15) is 17.2 Å². The molecule has 1 atom stereocenters. The van der Waals surface area contributed by atoms with Crippen LogP contribution in [-0.2, 0) is 0 Å². The molecule has 0 heterocycles. The molecule has 0 aromatic heterocycles. The molecule has 2 rings (SSSR count). The minimum Gasteiger partial charge on any atom is -0.320 e. The van der Waals surface area contributed by atoms with E-state index in [-0.39, 0.29) is 18.2 Å². The summed E-state index contributed by atoms with van der Waals surface area (Å²) in [6.45, 7) is 0. The van der Waals surface area contributed by atoms with Crippen LogP contribution in [0.4, 0.5) is 4.39 Å². The van der Waals surface area contributed by atoms with Crippen molar-refractivity contribution in [1.29, 1.82) is 0 Å². The summed E-state index contributed by atoms with van der Waals surface area (Å²) in [7, 11) is 0. The summed E-state index contributed by atoms with van der Waals surface area (Å²) in [6.07, 6.45) is 0. The van der Waals surface area contributed by atoms with Crippen LogP contribution in [-0.4, -0.2) is 0 Å². The van der Waals surface area contributed by atoms with E-state index < -0.39 is 6.04 Å². The zero-order chi connectivity index (χ0) is 11.5. The second-order valence-corrected chi connectivity index (χ2v) is 3.99. The van der Waals surface area contributed by atoms with Crippen molar-refractivity contribution in [1.82, 2.24) is 0 Å². The highest BCUT2D eigenvalue weighted by molar-refractivity contribution is 6.30. The maximum absolute atomic E-state index is 13.6. The van der Waals surface area contributed by atoms with Crippen LogP contribution in [0.3, 0.4) is 0 Å². The van der Waals surface area contributed by atoms with Gasteiger partial charge in [-0.1, -0.05) is 41.9 Å². The Labute approximate surface area is 111 Å². The van der Waals surface area contributed by atoms with Gasteiger partial charge in [-0.05, 0) is 23.8 Å². The van der Waals surface area contributed by atoms with Gasteiger partial charge in [0.15, 0.2) is 0 Å². The van der Waals surface area contributed by atoms with E-state index in [1.54, 1.807) is 6.07 Å². The summed E-state index contributed by atoms with van der Waals surface area (Å²) in [5, 5.41) is 0.489. The Bertz CT molecular complexity index is 488. The third-order valence-electron chi connectivity index (χ3n) is 2.45. The van der Waals surface area contributed by atoms with E-state index in [9.17, 15) is 4.39 Å². The van der Waals surface area contributed by atoms with Crippen LogP contribution in [0.2, 0.25) is 5.02 Å². The number of hydrogen-bond acceptors (Lipinski definition) is 1. The van der Waals surface area contributed by atoms with E-state index in [1.807, 2.05) is 30.3 Å². The quantitative estimate of drug-likeness (QED) is 0.880. The third-order valence-corrected chi connectivity index (χ3v) is 2.69. The minimum atomic E-state index is -0.486. The van der Waals surface area contributed by atoms with Crippen LogP contribution < -0.4 is 5.73 Å². The topological polar surface area (TPSA) is 26.0 Å². The first-order valence-electron chi connectivity index (χ1n) is 4.94. The fraction of sp³-hybridized carbons (Fsp3) is 0.0769. The Morgan fingerprint density at radius 1 is 1.06 bits per heavy atom. The first-order chi connectivity index (χ1) is 7.68. The Morgan fingerprint density at radius 3 is 2.35 bits per heavy atom. The lowest BCUT2D eigenvalue weighted by Gasteiger charge is -2.13. The predicted molar refractivity (Wildman–Crippen MR) is 71.1 cm³/mol.